The maximum Gasteiger partial charge on any atom is 0.389 e. The van der Waals surface area contributed by atoms with Crippen LogP contribution >= 0.6 is 11.8 Å². The molecule has 0 amide bonds. The Kier molecular flexibility index (Phi) is 4.68. The molecule has 1 unspecified atom stereocenters. The van der Waals surface area contributed by atoms with Crippen molar-refractivity contribution in [2.24, 2.45) is 5.73 Å². The molecule has 1 aromatic rings. The number of rotatable bonds is 4. The Morgan fingerprint density at radius 1 is 1.25 bits per heavy atom. The van der Waals surface area contributed by atoms with E-state index in [1.165, 1.54) is 0 Å². The molecule has 0 heterocycles. The average Bonchev–Trinajstić information content (AvgIpc) is 2.25. The first-order valence-electron chi connectivity index (χ1n) is 4.88. The lowest BCUT2D eigenvalue weighted by Crippen LogP contribution is -2.15. The fourth-order valence-corrected chi connectivity index (χ4v) is 1.75. The van der Waals surface area contributed by atoms with Crippen LogP contribution in [0.3, 0.4) is 0 Å². The molecule has 1 aromatic carbocycles. The summed E-state index contributed by atoms with van der Waals surface area (Å²) in [5.41, 5.74) is 6.44. The topological polar surface area (TPSA) is 26.0 Å². The Hall–Kier alpha value is -0.680. The third-order valence-electron chi connectivity index (χ3n) is 2.28. The highest BCUT2D eigenvalue weighted by molar-refractivity contribution is 7.98. The van der Waals surface area contributed by atoms with Crippen molar-refractivity contribution >= 4 is 11.8 Å². The van der Waals surface area contributed by atoms with Crippen LogP contribution in [-0.4, -0.2) is 12.4 Å². The first kappa shape index (κ1) is 13.4. The van der Waals surface area contributed by atoms with Crippen LogP contribution in [-0.2, 0) is 0 Å². The Morgan fingerprint density at radius 3 is 2.25 bits per heavy atom. The van der Waals surface area contributed by atoms with Crippen molar-refractivity contribution < 1.29 is 13.2 Å². The Bertz CT molecular complexity index is 321. The normalized spacial score (nSPS) is 13.8. The molecule has 0 bridgehead atoms. The van der Waals surface area contributed by atoms with Crippen molar-refractivity contribution in [3.63, 3.8) is 0 Å². The molecule has 1 rings (SSSR count). The number of halogens is 3. The summed E-state index contributed by atoms with van der Waals surface area (Å²) in [6, 6.07) is 6.76. The lowest BCUT2D eigenvalue weighted by Gasteiger charge is -2.13. The fourth-order valence-electron chi connectivity index (χ4n) is 1.34. The zero-order chi connectivity index (χ0) is 12.2. The van der Waals surface area contributed by atoms with Gasteiger partial charge in [0.05, 0.1) is 0 Å². The number of hydrogen-bond acceptors (Lipinski definition) is 2. The number of hydrogen-bond donors (Lipinski definition) is 1. The van der Waals surface area contributed by atoms with E-state index >= 15 is 0 Å². The van der Waals surface area contributed by atoms with Crippen LogP contribution in [0.1, 0.15) is 24.4 Å². The third-order valence-corrected chi connectivity index (χ3v) is 3.03. The minimum Gasteiger partial charge on any atom is -0.324 e. The molecule has 2 N–H and O–H groups in total. The van der Waals surface area contributed by atoms with Crippen molar-refractivity contribution in [2.75, 3.05) is 6.26 Å². The molecule has 0 fully saturated rings. The second kappa shape index (κ2) is 5.59. The monoisotopic (exact) mass is 249 g/mol. The highest BCUT2D eigenvalue weighted by Crippen LogP contribution is 2.27. The van der Waals surface area contributed by atoms with Crippen LogP contribution in [0.15, 0.2) is 29.2 Å². The SMILES string of the molecule is CSc1ccc(C(N)CCC(F)(F)F)cc1. The summed E-state index contributed by atoms with van der Waals surface area (Å²) in [5, 5.41) is 0. The maximum absolute atomic E-state index is 12.0. The first-order chi connectivity index (χ1) is 7.42. The summed E-state index contributed by atoms with van der Waals surface area (Å²) in [6.07, 6.45) is -3.09. The van der Waals surface area contributed by atoms with E-state index in [0.29, 0.717) is 0 Å². The van der Waals surface area contributed by atoms with Gasteiger partial charge in [-0.15, -0.1) is 11.8 Å². The molecular weight excluding hydrogens is 235 g/mol. The molecule has 0 spiro atoms. The van der Waals surface area contributed by atoms with E-state index in [-0.39, 0.29) is 6.42 Å². The highest BCUT2D eigenvalue weighted by Gasteiger charge is 2.27. The van der Waals surface area contributed by atoms with E-state index in [1.54, 1.807) is 23.9 Å². The van der Waals surface area contributed by atoms with Gasteiger partial charge in [-0.2, -0.15) is 13.2 Å². The summed E-state index contributed by atoms with van der Waals surface area (Å²) in [6.45, 7) is 0. The van der Waals surface area contributed by atoms with Gasteiger partial charge in [0, 0.05) is 17.4 Å². The fraction of sp³-hybridized carbons (Fsp3) is 0.455. The van der Waals surface area contributed by atoms with Gasteiger partial charge in [0.1, 0.15) is 0 Å². The predicted molar refractivity (Wildman–Crippen MR) is 60.4 cm³/mol. The van der Waals surface area contributed by atoms with Crippen molar-refractivity contribution in [2.45, 2.75) is 30.0 Å². The molecule has 1 nitrogen and oxygen atoms in total. The Morgan fingerprint density at radius 2 is 1.81 bits per heavy atom. The lowest BCUT2D eigenvalue weighted by atomic mass is 10.0. The summed E-state index contributed by atoms with van der Waals surface area (Å²) in [5.74, 6) is 0. The molecule has 1 atom stereocenters. The van der Waals surface area contributed by atoms with Gasteiger partial charge in [-0.1, -0.05) is 12.1 Å². The van der Waals surface area contributed by atoms with Crippen LogP contribution in [0.25, 0.3) is 0 Å². The average molecular weight is 249 g/mol. The molecule has 0 aliphatic rings. The zero-order valence-corrected chi connectivity index (χ0v) is 9.74. The summed E-state index contributed by atoms with van der Waals surface area (Å²) in [7, 11) is 0. The van der Waals surface area contributed by atoms with E-state index < -0.39 is 18.6 Å². The number of nitrogens with two attached hydrogens (primary N) is 1. The number of benzene rings is 1. The van der Waals surface area contributed by atoms with Gasteiger partial charge >= 0.3 is 6.18 Å². The van der Waals surface area contributed by atoms with Gasteiger partial charge < -0.3 is 5.73 Å². The van der Waals surface area contributed by atoms with Gasteiger partial charge in [-0.3, -0.25) is 0 Å². The molecule has 0 saturated carbocycles. The van der Waals surface area contributed by atoms with E-state index in [0.717, 1.165) is 10.5 Å². The molecule has 0 aliphatic heterocycles. The second-order valence-electron chi connectivity index (χ2n) is 3.53. The molecule has 0 saturated heterocycles. The Balaban J connectivity index is 2.56. The summed E-state index contributed by atoms with van der Waals surface area (Å²) >= 11 is 1.59. The van der Waals surface area contributed by atoms with Gasteiger partial charge in [-0.25, -0.2) is 0 Å². The van der Waals surface area contributed by atoms with Crippen LogP contribution < -0.4 is 5.73 Å². The van der Waals surface area contributed by atoms with E-state index in [2.05, 4.69) is 0 Å². The lowest BCUT2D eigenvalue weighted by molar-refractivity contribution is -0.136. The number of thioether (sulfide) groups is 1. The van der Waals surface area contributed by atoms with Crippen LogP contribution in [0, 0.1) is 0 Å². The van der Waals surface area contributed by atoms with E-state index in [4.69, 9.17) is 5.73 Å². The molecule has 0 radical (unpaired) electrons. The highest BCUT2D eigenvalue weighted by atomic mass is 32.2. The van der Waals surface area contributed by atoms with Crippen molar-refractivity contribution in [1.29, 1.82) is 0 Å². The summed E-state index contributed by atoms with van der Waals surface area (Å²) < 4.78 is 36.0. The maximum atomic E-state index is 12.0. The van der Waals surface area contributed by atoms with Gasteiger partial charge in [0.15, 0.2) is 0 Å². The predicted octanol–water partition coefficient (Wildman–Crippen LogP) is 3.75. The molecule has 0 aromatic heterocycles. The smallest absolute Gasteiger partial charge is 0.324 e. The van der Waals surface area contributed by atoms with Gasteiger partial charge in [0.25, 0.3) is 0 Å². The molecule has 0 aliphatic carbocycles. The molecule has 5 heteroatoms. The van der Waals surface area contributed by atoms with E-state index in [1.807, 2.05) is 18.4 Å². The van der Waals surface area contributed by atoms with Gasteiger partial charge in [0.2, 0.25) is 0 Å². The summed E-state index contributed by atoms with van der Waals surface area (Å²) in [4.78, 5) is 1.08. The van der Waals surface area contributed by atoms with E-state index in [9.17, 15) is 13.2 Å². The van der Waals surface area contributed by atoms with Crippen molar-refractivity contribution in [3.8, 4) is 0 Å². The quantitative estimate of drug-likeness (QED) is 0.822. The largest absolute Gasteiger partial charge is 0.389 e. The minimum absolute atomic E-state index is 0.0673. The van der Waals surface area contributed by atoms with Crippen LogP contribution in [0.2, 0.25) is 0 Å². The Labute approximate surface area is 97.2 Å². The molecule has 90 valence electrons. The number of alkyl halides is 3. The van der Waals surface area contributed by atoms with Gasteiger partial charge in [-0.05, 0) is 30.4 Å². The van der Waals surface area contributed by atoms with Crippen LogP contribution in [0.4, 0.5) is 13.2 Å². The van der Waals surface area contributed by atoms with Crippen molar-refractivity contribution in [1.82, 2.24) is 0 Å². The second-order valence-corrected chi connectivity index (χ2v) is 4.41. The zero-order valence-electron chi connectivity index (χ0n) is 8.92. The third kappa shape index (κ3) is 4.45. The molecule has 16 heavy (non-hydrogen) atoms. The van der Waals surface area contributed by atoms with Crippen LogP contribution in [0.5, 0.6) is 0 Å². The van der Waals surface area contributed by atoms with Crippen molar-refractivity contribution in [3.05, 3.63) is 29.8 Å². The first-order valence-corrected chi connectivity index (χ1v) is 6.11. The standard InChI is InChI=1S/C11H14F3NS/c1-16-9-4-2-8(3-5-9)10(15)6-7-11(12,13)14/h2-5,10H,6-7,15H2,1H3. The minimum atomic E-state index is -4.13. The molecular formula is C11H14F3NS.